The molecular formula is C18H26F3N3O2. The fraction of sp³-hybridized carbons (Fsp3) is 0.611. The molecule has 5 nitrogen and oxygen atoms in total. The number of rotatable bonds is 6. The Morgan fingerprint density at radius 1 is 1.23 bits per heavy atom. The molecule has 1 aromatic carbocycles. The summed E-state index contributed by atoms with van der Waals surface area (Å²) in [5, 5.41) is 2.84. The maximum Gasteiger partial charge on any atom is 0.416 e. The van der Waals surface area contributed by atoms with Gasteiger partial charge >= 0.3 is 6.18 Å². The van der Waals surface area contributed by atoms with Gasteiger partial charge in [0, 0.05) is 19.6 Å². The Hall–Kier alpha value is -1.64. The van der Waals surface area contributed by atoms with Crippen LogP contribution in [0.5, 0.6) is 0 Å². The summed E-state index contributed by atoms with van der Waals surface area (Å²) in [4.78, 5) is 14.3. The van der Waals surface area contributed by atoms with Crippen molar-refractivity contribution in [3.05, 3.63) is 35.4 Å². The number of ether oxygens (including phenoxy) is 1. The van der Waals surface area contributed by atoms with Crippen molar-refractivity contribution in [1.29, 1.82) is 0 Å². The molecule has 1 aliphatic heterocycles. The first-order chi connectivity index (χ1) is 12.2. The Morgan fingerprint density at radius 3 is 2.31 bits per heavy atom. The number of hydrogen-bond acceptors (Lipinski definition) is 4. The van der Waals surface area contributed by atoms with E-state index in [1.807, 2.05) is 13.8 Å². The van der Waals surface area contributed by atoms with Gasteiger partial charge in [-0.2, -0.15) is 13.2 Å². The van der Waals surface area contributed by atoms with E-state index in [4.69, 9.17) is 10.5 Å². The summed E-state index contributed by atoms with van der Waals surface area (Å²) in [5.41, 5.74) is 5.89. The van der Waals surface area contributed by atoms with Crippen LogP contribution in [0.15, 0.2) is 24.3 Å². The smallest absolute Gasteiger partial charge is 0.379 e. The van der Waals surface area contributed by atoms with Crippen LogP contribution < -0.4 is 11.1 Å². The molecule has 0 aliphatic carbocycles. The number of alkyl halides is 3. The summed E-state index contributed by atoms with van der Waals surface area (Å²) in [6.45, 7) is 6.41. The number of nitrogens with one attached hydrogen (secondary N) is 1. The zero-order valence-corrected chi connectivity index (χ0v) is 15.1. The monoisotopic (exact) mass is 373 g/mol. The van der Waals surface area contributed by atoms with E-state index in [0.29, 0.717) is 26.3 Å². The number of morpholine rings is 1. The third kappa shape index (κ3) is 5.43. The zero-order valence-electron chi connectivity index (χ0n) is 15.1. The Labute approximate surface area is 151 Å². The molecular weight excluding hydrogens is 347 g/mol. The second kappa shape index (κ2) is 8.83. The van der Waals surface area contributed by atoms with Gasteiger partial charge in [-0.25, -0.2) is 0 Å². The Balaban J connectivity index is 2.14. The first-order valence-corrected chi connectivity index (χ1v) is 8.72. The minimum Gasteiger partial charge on any atom is -0.379 e. The van der Waals surface area contributed by atoms with Crippen molar-refractivity contribution >= 4 is 5.91 Å². The van der Waals surface area contributed by atoms with E-state index in [9.17, 15) is 18.0 Å². The van der Waals surface area contributed by atoms with Crippen molar-refractivity contribution in [2.24, 2.45) is 11.7 Å². The molecule has 1 amide bonds. The number of nitrogens with zero attached hydrogens (tertiary/aromatic N) is 1. The van der Waals surface area contributed by atoms with Crippen molar-refractivity contribution < 1.29 is 22.7 Å². The highest BCUT2D eigenvalue weighted by molar-refractivity contribution is 5.81. The first-order valence-electron chi connectivity index (χ1n) is 8.72. The Morgan fingerprint density at radius 2 is 1.81 bits per heavy atom. The lowest BCUT2D eigenvalue weighted by atomic mass is 10.0. The molecule has 2 rings (SSSR count). The lowest BCUT2D eigenvalue weighted by Crippen LogP contribution is -2.48. The van der Waals surface area contributed by atoms with Gasteiger partial charge in [0.15, 0.2) is 0 Å². The molecule has 1 aromatic rings. The number of carbonyl (C=O) groups is 1. The average molecular weight is 373 g/mol. The summed E-state index contributed by atoms with van der Waals surface area (Å²) in [6, 6.07) is 4.24. The van der Waals surface area contributed by atoms with Gasteiger partial charge in [-0.05, 0) is 23.6 Å². The highest BCUT2D eigenvalue weighted by atomic mass is 19.4. The van der Waals surface area contributed by atoms with Crippen molar-refractivity contribution in [3.8, 4) is 0 Å². The van der Waals surface area contributed by atoms with Gasteiger partial charge in [0.2, 0.25) is 5.91 Å². The molecule has 0 aromatic heterocycles. The molecule has 3 N–H and O–H groups in total. The predicted octanol–water partition coefficient (Wildman–Crippen LogP) is 2.18. The van der Waals surface area contributed by atoms with E-state index in [1.165, 1.54) is 12.1 Å². The van der Waals surface area contributed by atoms with Gasteiger partial charge in [0.25, 0.3) is 0 Å². The highest BCUT2D eigenvalue weighted by Crippen LogP contribution is 2.31. The molecule has 0 spiro atoms. The maximum absolute atomic E-state index is 12.8. The van der Waals surface area contributed by atoms with E-state index in [2.05, 4.69) is 10.2 Å². The van der Waals surface area contributed by atoms with Gasteiger partial charge in [-0.3, -0.25) is 9.69 Å². The molecule has 1 aliphatic rings. The minimum atomic E-state index is -4.37. The van der Waals surface area contributed by atoms with E-state index in [0.717, 1.165) is 17.7 Å². The van der Waals surface area contributed by atoms with Crippen LogP contribution in [0.25, 0.3) is 0 Å². The molecule has 0 saturated carbocycles. The van der Waals surface area contributed by atoms with Crippen LogP contribution >= 0.6 is 0 Å². The molecule has 1 unspecified atom stereocenters. The Kier molecular flexibility index (Phi) is 7.02. The van der Waals surface area contributed by atoms with Crippen LogP contribution in [-0.4, -0.2) is 49.7 Å². The van der Waals surface area contributed by atoms with Crippen molar-refractivity contribution in [3.63, 3.8) is 0 Å². The SMILES string of the molecule is CC(C)[C@H](N)C(=O)NCC(c1ccc(C(F)(F)F)cc1)N1CCOCC1. The molecule has 26 heavy (non-hydrogen) atoms. The van der Waals surface area contributed by atoms with Gasteiger partial charge in [-0.1, -0.05) is 26.0 Å². The van der Waals surface area contributed by atoms with Crippen LogP contribution in [0.1, 0.15) is 31.0 Å². The van der Waals surface area contributed by atoms with Crippen LogP contribution in [0.4, 0.5) is 13.2 Å². The normalized spacial score (nSPS) is 18.6. The van der Waals surface area contributed by atoms with Crippen molar-refractivity contribution in [2.45, 2.75) is 32.1 Å². The third-order valence-electron chi connectivity index (χ3n) is 4.60. The molecule has 146 valence electrons. The first kappa shape index (κ1) is 20.7. The highest BCUT2D eigenvalue weighted by Gasteiger charge is 2.31. The van der Waals surface area contributed by atoms with E-state index in [-0.39, 0.29) is 24.4 Å². The van der Waals surface area contributed by atoms with Gasteiger partial charge < -0.3 is 15.8 Å². The standard InChI is InChI=1S/C18H26F3N3O2/c1-12(2)16(22)17(25)23-11-15(24-7-9-26-10-8-24)13-3-5-14(6-4-13)18(19,20)21/h3-6,12,15-16H,7-11,22H2,1-2H3,(H,23,25)/t15?,16-/m0/s1. The average Bonchev–Trinajstić information content (AvgIpc) is 2.61. The molecule has 1 saturated heterocycles. The zero-order chi connectivity index (χ0) is 19.3. The van der Waals surface area contributed by atoms with E-state index < -0.39 is 17.8 Å². The number of carbonyl (C=O) groups excluding carboxylic acids is 1. The fourth-order valence-electron chi connectivity index (χ4n) is 2.86. The lowest BCUT2D eigenvalue weighted by molar-refractivity contribution is -0.137. The van der Waals surface area contributed by atoms with Gasteiger partial charge in [0.05, 0.1) is 30.9 Å². The van der Waals surface area contributed by atoms with E-state index in [1.54, 1.807) is 0 Å². The van der Waals surface area contributed by atoms with Crippen molar-refractivity contribution in [1.82, 2.24) is 10.2 Å². The van der Waals surface area contributed by atoms with Crippen LogP contribution in [0.2, 0.25) is 0 Å². The summed E-state index contributed by atoms with van der Waals surface area (Å²) in [7, 11) is 0. The number of hydrogen-bond donors (Lipinski definition) is 2. The molecule has 0 bridgehead atoms. The van der Waals surface area contributed by atoms with Gasteiger partial charge in [-0.15, -0.1) is 0 Å². The number of benzene rings is 1. The largest absolute Gasteiger partial charge is 0.416 e. The van der Waals surface area contributed by atoms with E-state index >= 15 is 0 Å². The van der Waals surface area contributed by atoms with Crippen LogP contribution in [-0.2, 0) is 15.7 Å². The molecule has 1 heterocycles. The summed E-state index contributed by atoms with van der Waals surface area (Å²) in [6.07, 6.45) is -4.37. The summed E-state index contributed by atoms with van der Waals surface area (Å²) >= 11 is 0. The quantitative estimate of drug-likeness (QED) is 0.802. The molecule has 1 fully saturated rings. The number of halogens is 3. The predicted molar refractivity (Wildman–Crippen MR) is 92.4 cm³/mol. The number of amides is 1. The molecule has 0 radical (unpaired) electrons. The molecule has 2 atom stereocenters. The number of nitrogens with two attached hydrogens (primary N) is 1. The Bertz CT molecular complexity index is 584. The lowest BCUT2D eigenvalue weighted by Gasteiger charge is -2.35. The second-order valence-corrected chi connectivity index (χ2v) is 6.80. The second-order valence-electron chi connectivity index (χ2n) is 6.80. The maximum atomic E-state index is 12.8. The van der Waals surface area contributed by atoms with Gasteiger partial charge in [0.1, 0.15) is 0 Å². The topological polar surface area (TPSA) is 67.6 Å². The molecule has 8 heteroatoms. The fourth-order valence-corrected chi connectivity index (χ4v) is 2.86. The van der Waals surface area contributed by atoms with Crippen LogP contribution in [0, 0.1) is 5.92 Å². The minimum absolute atomic E-state index is 0.00269. The third-order valence-corrected chi connectivity index (χ3v) is 4.60. The van der Waals surface area contributed by atoms with Crippen molar-refractivity contribution in [2.75, 3.05) is 32.8 Å². The summed E-state index contributed by atoms with van der Waals surface area (Å²) < 4.78 is 43.7. The van der Waals surface area contributed by atoms with Crippen LogP contribution in [0.3, 0.4) is 0 Å². The summed E-state index contributed by atoms with van der Waals surface area (Å²) in [5.74, 6) is -0.256.